The largest absolute Gasteiger partial charge is 0.492 e. The number of aromatic amines is 1. The number of benzene rings is 1. The van der Waals surface area contributed by atoms with Gasteiger partial charge in [0.25, 0.3) is 10.0 Å². The fraction of sp³-hybridized carbons (Fsp3) is 0.471. The van der Waals surface area contributed by atoms with Crippen LogP contribution in [0.2, 0.25) is 5.02 Å². The van der Waals surface area contributed by atoms with Crippen molar-refractivity contribution in [3.63, 3.8) is 0 Å². The monoisotopic (exact) mass is 381 g/mol. The van der Waals surface area contributed by atoms with E-state index in [1.54, 1.807) is 18.3 Å². The zero-order valence-electron chi connectivity index (χ0n) is 13.7. The number of halogens is 1. The van der Waals surface area contributed by atoms with Gasteiger partial charge in [-0.2, -0.15) is 5.10 Å². The van der Waals surface area contributed by atoms with Crippen molar-refractivity contribution >= 4 is 27.3 Å². The lowest BCUT2D eigenvalue weighted by Crippen LogP contribution is -2.35. The maximum atomic E-state index is 13.3. The van der Waals surface area contributed by atoms with Crippen molar-refractivity contribution in [3.8, 4) is 5.75 Å². The maximum absolute atomic E-state index is 13.3. The first-order valence-electron chi connectivity index (χ1n) is 8.53. The molecule has 1 saturated carbocycles. The number of hydrogen-bond acceptors (Lipinski definition) is 4. The fourth-order valence-corrected chi connectivity index (χ4v) is 5.06. The molecule has 1 fully saturated rings. The summed E-state index contributed by atoms with van der Waals surface area (Å²) in [7, 11) is -3.77. The van der Waals surface area contributed by atoms with Crippen LogP contribution in [0.1, 0.15) is 31.4 Å². The van der Waals surface area contributed by atoms with Gasteiger partial charge in [-0.1, -0.05) is 24.4 Å². The van der Waals surface area contributed by atoms with Gasteiger partial charge in [-0.3, -0.25) is 9.40 Å². The van der Waals surface area contributed by atoms with Gasteiger partial charge >= 0.3 is 0 Å². The van der Waals surface area contributed by atoms with Crippen molar-refractivity contribution in [2.24, 2.45) is 5.92 Å². The first-order valence-corrected chi connectivity index (χ1v) is 10.3. The normalized spacial score (nSPS) is 17.4. The molecule has 0 atom stereocenters. The molecule has 1 aliphatic heterocycles. The van der Waals surface area contributed by atoms with Gasteiger partial charge < -0.3 is 4.74 Å². The second kappa shape index (κ2) is 6.53. The minimum Gasteiger partial charge on any atom is -0.492 e. The predicted molar refractivity (Wildman–Crippen MR) is 95.7 cm³/mol. The van der Waals surface area contributed by atoms with Gasteiger partial charge in [-0.25, -0.2) is 8.42 Å². The maximum Gasteiger partial charge on any atom is 0.268 e. The molecular weight excluding hydrogens is 362 g/mol. The molecule has 0 amide bonds. The average Bonchev–Trinajstić information content (AvgIpc) is 3.29. The molecule has 1 N–H and O–H groups in total. The standard InChI is InChI=1S/C17H20ClN3O3S/c18-13-5-6-16(24-9-7-12-3-4-12)17(10-13)25(22,23)21-8-1-2-14-15(21)11-19-20-14/h5-6,10-12H,1-4,7-9H2,(H,19,20). The topological polar surface area (TPSA) is 75.3 Å². The molecule has 6 nitrogen and oxygen atoms in total. The Kier molecular flexibility index (Phi) is 4.37. The summed E-state index contributed by atoms with van der Waals surface area (Å²) in [5.74, 6) is 1.09. The first kappa shape index (κ1) is 16.7. The Morgan fingerprint density at radius 3 is 3.00 bits per heavy atom. The van der Waals surface area contributed by atoms with Crippen LogP contribution in [0.4, 0.5) is 5.69 Å². The van der Waals surface area contributed by atoms with Crippen molar-refractivity contribution in [2.45, 2.75) is 37.0 Å². The fourth-order valence-electron chi connectivity index (χ4n) is 3.14. The van der Waals surface area contributed by atoms with Gasteiger partial charge in [0.1, 0.15) is 10.6 Å². The van der Waals surface area contributed by atoms with E-state index in [0.717, 1.165) is 30.9 Å². The molecule has 2 aromatic rings. The minimum absolute atomic E-state index is 0.116. The molecule has 0 bridgehead atoms. The molecule has 2 heterocycles. The van der Waals surface area contributed by atoms with Crippen molar-refractivity contribution in [1.29, 1.82) is 0 Å². The van der Waals surface area contributed by atoms with Crippen molar-refractivity contribution in [2.75, 3.05) is 17.5 Å². The summed E-state index contributed by atoms with van der Waals surface area (Å²) < 4.78 is 33.8. The van der Waals surface area contributed by atoms with E-state index >= 15 is 0 Å². The molecule has 25 heavy (non-hydrogen) atoms. The number of aryl methyl sites for hydroxylation is 1. The van der Waals surface area contributed by atoms with Gasteiger partial charge in [-0.15, -0.1) is 0 Å². The summed E-state index contributed by atoms with van der Waals surface area (Å²) in [5.41, 5.74) is 1.45. The predicted octanol–water partition coefficient (Wildman–Crippen LogP) is 3.38. The minimum atomic E-state index is -3.77. The zero-order chi connectivity index (χ0) is 17.4. The lowest BCUT2D eigenvalue weighted by molar-refractivity contribution is 0.295. The van der Waals surface area contributed by atoms with E-state index in [2.05, 4.69) is 10.2 Å². The molecule has 4 rings (SSSR count). The molecule has 0 spiro atoms. The number of rotatable bonds is 6. The molecular formula is C17H20ClN3O3S. The van der Waals surface area contributed by atoms with Crippen LogP contribution in [0.3, 0.4) is 0 Å². The van der Waals surface area contributed by atoms with Gasteiger partial charge in [0, 0.05) is 11.6 Å². The molecule has 8 heteroatoms. The first-order chi connectivity index (χ1) is 12.1. The van der Waals surface area contributed by atoms with Crippen molar-refractivity contribution in [3.05, 3.63) is 35.1 Å². The second-order valence-corrected chi connectivity index (χ2v) is 8.85. The van der Waals surface area contributed by atoms with Crippen LogP contribution < -0.4 is 9.04 Å². The molecule has 2 aliphatic rings. The van der Waals surface area contributed by atoms with Crippen LogP contribution in [0.15, 0.2) is 29.3 Å². The van der Waals surface area contributed by atoms with Crippen LogP contribution in [0.5, 0.6) is 5.75 Å². The number of anilines is 1. The highest BCUT2D eigenvalue weighted by Crippen LogP contribution is 2.36. The molecule has 0 saturated heterocycles. The number of sulfonamides is 1. The Labute approximate surface area is 152 Å². The van der Waals surface area contributed by atoms with E-state index in [1.807, 2.05) is 0 Å². The third kappa shape index (κ3) is 3.35. The summed E-state index contributed by atoms with van der Waals surface area (Å²) in [5, 5.41) is 7.24. The Balaban J connectivity index is 1.66. The number of H-pyrrole nitrogens is 1. The van der Waals surface area contributed by atoms with Gasteiger partial charge in [-0.05, 0) is 43.4 Å². The summed E-state index contributed by atoms with van der Waals surface area (Å²) in [6.07, 6.45) is 6.54. The summed E-state index contributed by atoms with van der Waals surface area (Å²) in [6.45, 7) is 0.939. The number of ether oxygens (including phenoxy) is 1. The quantitative estimate of drug-likeness (QED) is 0.832. The molecule has 1 aliphatic carbocycles. The van der Waals surface area contributed by atoms with E-state index in [-0.39, 0.29) is 4.90 Å². The lowest BCUT2D eigenvalue weighted by atomic mass is 10.1. The number of fused-ring (bicyclic) bond motifs is 1. The van der Waals surface area contributed by atoms with E-state index in [4.69, 9.17) is 16.3 Å². The van der Waals surface area contributed by atoms with Gasteiger partial charge in [0.05, 0.1) is 24.2 Å². The third-order valence-corrected chi connectivity index (χ3v) is 6.78. The van der Waals surface area contributed by atoms with Crippen LogP contribution >= 0.6 is 11.6 Å². The van der Waals surface area contributed by atoms with Crippen LogP contribution in [0.25, 0.3) is 0 Å². The summed E-state index contributed by atoms with van der Waals surface area (Å²) in [4.78, 5) is 0.116. The van der Waals surface area contributed by atoms with Crippen LogP contribution in [0, 0.1) is 5.92 Å². The molecule has 1 aromatic heterocycles. The SMILES string of the molecule is O=S(=O)(c1cc(Cl)ccc1OCCC1CC1)N1CCCc2[nH]ncc21. The average molecular weight is 382 g/mol. The highest BCUT2D eigenvalue weighted by Gasteiger charge is 2.33. The Bertz CT molecular complexity index is 877. The zero-order valence-corrected chi connectivity index (χ0v) is 15.3. The number of aromatic nitrogens is 2. The molecule has 1 aromatic carbocycles. The van der Waals surface area contributed by atoms with E-state index in [9.17, 15) is 8.42 Å². The van der Waals surface area contributed by atoms with Crippen molar-refractivity contribution < 1.29 is 13.2 Å². The van der Waals surface area contributed by atoms with E-state index in [1.165, 1.54) is 23.2 Å². The lowest BCUT2D eigenvalue weighted by Gasteiger charge is -2.28. The molecule has 0 radical (unpaired) electrons. The van der Waals surface area contributed by atoms with E-state index in [0.29, 0.717) is 29.6 Å². The highest BCUT2D eigenvalue weighted by molar-refractivity contribution is 7.93. The summed E-state index contributed by atoms with van der Waals surface area (Å²) in [6, 6.07) is 4.77. The smallest absolute Gasteiger partial charge is 0.268 e. The third-order valence-electron chi connectivity index (χ3n) is 4.71. The molecule has 0 unspecified atom stereocenters. The second-order valence-electron chi connectivity index (χ2n) is 6.59. The Hall–Kier alpha value is -1.73. The van der Waals surface area contributed by atoms with Crippen LogP contribution in [-0.4, -0.2) is 31.8 Å². The molecule has 134 valence electrons. The number of nitrogens with one attached hydrogen (secondary N) is 1. The van der Waals surface area contributed by atoms with Gasteiger partial charge in [0.2, 0.25) is 0 Å². The Morgan fingerprint density at radius 2 is 2.20 bits per heavy atom. The van der Waals surface area contributed by atoms with Crippen molar-refractivity contribution in [1.82, 2.24) is 10.2 Å². The van der Waals surface area contributed by atoms with E-state index < -0.39 is 10.0 Å². The number of hydrogen-bond donors (Lipinski definition) is 1. The summed E-state index contributed by atoms with van der Waals surface area (Å²) >= 11 is 6.08. The highest BCUT2D eigenvalue weighted by atomic mass is 35.5. The number of nitrogens with zero attached hydrogens (tertiary/aromatic N) is 2. The Morgan fingerprint density at radius 1 is 1.36 bits per heavy atom. The van der Waals surface area contributed by atoms with Gasteiger partial charge in [0.15, 0.2) is 0 Å². The van der Waals surface area contributed by atoms with Crippen LogP contribution in [-0.2, 0) is 16.4 Å².